The number of hydrogen-bond acceptors (Lipinski definition) is 3. The number of rotatable bonds is 2. The van der Waals surface area contributed by atoms with E-state index in [0.29, 0.717) is 17.4 Å². The van der Waals surface area contributed by atoms with Crippen molar-refractivity contribution in [2.24, 2.45) is 0 Å². The number of β-amino-alcohol motifs (C(OH)–C–C–N with tert-alkyl or cyclic N) is 1. The van der Waals surface area contributed by atoms with Crippen LogP contribution in [-0.2, 0) is 10.0 Å². The van der Waals surface area contributed by atoms with Crippen molar-refractivity contribution < 1.29 is 13.5 Å². The summed E-state index contributed by atoms with van der Waals surface area (Å²) in [7, 11) is -3.51. The van der Waals surface area contributed by atoms with Gasteiger partial charge < -0.3 is 5.11 Å². The summed E-state index contributed by atoms with van der Waals surface area (Å²) >= 11 is 3.24. The Kier molecular flexibility index (Phi) is 3.33. The number of hydrogen-bond donors (Lipinski definition) is 1. The maximum Gasteiger partial charge on any atom is 0.244 e. The second-order valence-electron chi connectivity index (χ2n) is 4.52. The van der Waals surface area contributed by atoms with Gasteiger partial charge in [0, 0.05) is 17.6 Å². The van der Waals surface area contributed by atoms with E-state index in [1.54, 1.807) is 31.2 Å². The van der Waals surface area contributed by atoms with Gasteiger partial charge in [0.25, 0.3) is 0 Å². The molecule has 1 aromatic carbocycles. The number of nitrogens with zero attached hydrogens (tertiary/aromatic N) is 1. The first-order valence-corrected chi connectivity index (χ1v) is 7.53. The molecule has 0 aliphatic carbocycles. The van der Waals surface area contributed by atoms with E-state index in [-0.39, 0.29) is 11.4 Å². The lowest BCUT2D eigenvalue weighted by Gasteiger charge is -2.19. The highest BCUT2D eigenvalue weighted by Crippen LogP contribution is 2.30. The minimum atomic E-state index is -3.51. The van der Waals surface area contributed by atoms with Crippen molar-refractivity contribution in [1.82, 2.24) is 4.31 Å². The van der Waals surface area contributed by atoms with Crippen molar-refractivity contribution in [2.75, 3.05) is 13.1 Å². The van der Waals surface area contributed by atoms with Gasteiger partial charge in [-0.1, -0.05) is 12.1 Å². The highest BCUT2D eigenvalue weighted by Gasteiger charge is 2.38. The lowest BCUT2D eigenvalue weighted by molar-refractivity contribution is 0.0762. The molecule has 2 rings (SSSR count). The van der Waals surface area contributed by atoms with Gasteiger partial charge in [-0.2, -0.15) is 4.31 Å². The monoisotopic (exact) mass is 319 g/mol. The van der Waals surface area contributed by atoms with Gasteiger partial charge in [0.1, 0.15) is 0 Å². The van der Waals surface area contributed by atoms with Crippen LogP contribution in [0.15, 0.2) is 33.6 Å². The van der Waals surface area contributed by atoms with Crippen molar-refractivity contribution in [2.45, 2.75) is 23.8 Å². The van der Waals surface area contributed by atoms with Gasteiger partial charge in [-0.15, -0.1) is 0 Å². The second kappa shape index (κ2) is 4.35. The fraction of sp³-hybridized carbons (Fsp3) is 0.455. The first-order valence-electron chi connectivity index (χ1n) is 5.30. The van der Waals surface area contributed by atoms with Crippen molar-refractivity contribution in [3.05, 3.63) is 28.7 Å². The number of aliphatic hydroxyl groups is 1. The molecule has 1 atom stereocenters. The molecule has 0 amide bonds. The summed E-state index contributed by atoms with van der Waals surface area (Å²) in [5, 5.41) is 9.83. The highest BCUT2D eigenvalue weighted by molar-refractivity contribution is 9.10. The van der Waals surface area contributed by atoms with Crippen molar-refractivity contribution in [3.63, 3.8) is 0 Å². The summed E-state index contributed by atoms with van der Waals surface area (Å²) in [6, 6.07) is 6.71. The topological polar surface area (TPSA) is 57.6 Å². The molecule has 0 spiro atoms. The number of halogens is 1. The van der Waals surface area contributed by atoms with Crippen LogP contribution >= 0.6 is 15.9 Å². The predicted molar refractivity (Wildman–Crippen MR) is 68.1 cm³/mol. The van der Waals surface area contributed by atoms with E-state index in [9.17, 15) is 13.5 Å². The quantitative estimate of drug-likeness (QED) is 0.900. The SMILES string of the molecule is CC1(O)CCN(S(=O)(=O)c2ccccc2Br)C1. The van der Waals surface area contributed by atoms with E-state index in [2.05, 4.69) is 15.9 Å². The molecule has 0 aromatic heterocycles. The summed E-state index contributed by atoms with van der Waals surface area (Å²) in [6.07, 6.45) is 0.469. The minimum Gasteiger partial charge on any atom is -0.389 e. The third kappa shape index (κ3) is 2.54. The average molecular weight is 320 g/mol. The predicted octanol–water partition coefficient (Wildman–Crippen LogP) is 1.59. The molecule has 0 bridgehead atoms. The van der Waals surface area contributed by atoms with Crippen molar-refractivity contribution in [1.29, 1.82) is 0 Å². The normalized spacial score (nSPS) is 26.3. The molecule has 4 nitrogen and oxygen atoms in total. The van der Waals surface area contributed by atoms with Crippen molar-refractivity contribution in [3.8, 4) is 0 Å². The van der Waals surface area contributed by atoms with Gasteiger partial charge in [0.15, 0.2) is 0 Å². The standard InChI is InChI=1S/C11H14BrNO3S/c1-11(14)6-7-13(8-11)17(15,16)10-5-3-2-4-9(10)12/h2-5,14H,6-8H2,1H3. The summed E-state index contributed by atoms with van der Waals surface area (Å²) < 4.78 is 26.5. The molecule has 1 fully saturated rings. The van der Waals surface area contributed by atoms with Gasteiger partial charge in [-0.05, 0) is 41.4 Å². The van der Waals surface area contributed by atoms with Crippen LogP contribution in [0.2, 0.25) is 0 Å². The fourth-order valence-corrected chi connectivity index (χ4v) is 4.42. The Morgan fingerprint density at radius 1 is 1.41 bits per heavy atom. The maximum atomic E-state index is 12.3. The van der Waals surface area contributed by atoms with E-state index in [1.165, 1.54) is 4.31 Å². The van der Waals surface area contributed by atoms with E-state index < -0.39 is 15.6 Å². The van der Waals surface area contributed by atoms with Crippen LogP contribution in [0.4, 0.5) is 0 Å². The Morgan fingerprint density at radius 2 is 2.06 bits per heavy atom. The first kappa shape index (κ1) is 13.0. The van der Waals surface area contributed by atoms with E-state index in [1.807, 2.05) is 0 Å². The van der Waals surface area contributed by atoms with Crippen LogP contribution in [0, 0.1) is 0 Å². The zero-order valence-electron chi connectivity index (χ0n) is 9.43. The van der Waals surface area contributed by atoms with Crippen LogP contribution < -0.4 is 0 Å². The van der Waals surface area contributed by atoms with Crippen LogP contribution in [-0.4, -0.2) is 36.5 Å². The van der Waals surface area contributed by atoms with E-state index in [0.717, 1.165) is 0 Å². The summed E-state index contributed by atoms with van der Waals surface area (Å²) in [6.45, 7) is 2.16. The van der Waals surface area contributed by atoms with Gasteiger partial charge >= 0.3 is 0 Å². The molecule has 1 N–H and O–H groups in total. The molecular weight excluding hydrogens is 306 g/mol. The molecule has 1 aliphatic heterocycles. The summed E-state index contributed by atoms with van der Waals surface area (Å²) in [4.78, 5) is 0.248. The molecule has 0 radical (unpaired) electrons. The molecule has 1 saturated heterocycles. The largest absolute Gasteiger partial charge is 0.389 e. The lowest BCUT2D eigenvalue weighted by Crippen LogP contribution is -2.34. The molecule has 1 aromatic rings. The Balaban J connectivity index is 2.36. The smallest absolute Gasteiger partial charge is 0.244 e. The highest BCUT2D eigenvalue weighted by atomic mass is 79.9. The van der Waals surface area contributed by atoms with Crippen LogP contribution in [0.3, 0.4) is 0 Å². The Bertz CT molecular complexity index is 527. The van der Waals surface area contributed by atoms with Gasteiger partial charge in [0.05, 0.1) is 10.5 Å². The van der Waals surface area contributed by atoms with Crippen LogP contribution in [0.5, 0.6) is 0 Å². The zero-order valence-corrected chi connectivity index (χ0v) is 11.8. The van der Waals surface area contributed by atoms with Gasteiger partial charge in [0.2, 0.25) is 10.0 Å². The zero-order chi connectivity index (χ0) is 12.7. The van der Waals surface area contributed by atoms with E-state index in [4.69, 9.17) is 0 Å². The van der Waals surface area contributed by atoms with Crippen LogP contribution in [0.1, 0.15) is 13.3 Å². The molecule has 1 unspecified atom stereocenters. The third-order valence-corrected chi connectivity index (χ3v) is 5.73. The average Bonchev–Trinajstić information content (AvgIpc) is 2.60. The lowest BCUT2D eigenvalue weighted by atomic mass is 10.1. The van der Waals surface area contributed by atoms with Crippen molar-refractivity contribution >= 4 is 26.0 Å². The second-order valence-corrected chi connectivity index (χ2v) is 7.28. The van der Waals surface area contributed by atoms with Gasteiger partial charge in [-0.25, -0.2) is 8.42 Å². The Hall–Kier alpha value is -0.430. The molecule has 0 saturated carbocycles. The van der Waals surface area contributed by atoms with E-state index >= 15 is 0 Å². The molecular formula is C11H14BrNO3S. The molecule has 6 heteroatoms. The molecule has 17 heavy (non-hydrogen) atoms. The molecule has 94 valence electrons. The summed E-state index contributed by atoms with van der Waals surface area (Å²) in [5.74, 6) is 0. The minimum absolute atomic E-state index is 0.149. The molecule has 1 heterocycles. The maximum absolute atomic E-state index is 12.3. The Morgan fingerprint density at radius 3 is 2.59 bits per heavy atom. The number of benzene rings is 1. The number of sulfonamides is 1. The van der Waals surface area contributed by atoms with Gasteiger partial charge in [-0.3, -0.25) is 0 Å². The molecule has 1 aliphatic rings. The fourth-order valence-electron chi connectivity index (χ4n) is 1.90. The third-order valence-electron chi connectivity index (χ3n) is 2.87. The Labute approximate surface area is 109 Å². The van der Waals surface area contributed by atoms with Crippen LogP contribution in [0.25, 0.3) is 0 Å². The first-order chi connectivity index (χ1) is 7.83. The summed E-state index contributed by atoms with van der Waals surface area (Å²) in [5.41, 5.74) is -0.922.